The van der Waals surface area contributed by atoms with Gasteiger partial charge in [-0.1, -0.05) is 46.8 Å². The molecule has 1 aromatic carbocycles. The van der Waals surface area contributed by atoms with Crippen molar-refractivity contribution in [3.8, 4) is 0 Å². The highest BCUT2D eigenvalue weighted by atomic mass is 16.4. The number of nitrogens with zero attached hydrogens (tertiary/aromatic N) is 1. The highest BCUT2D eigenvalue weighted by Crippen LogP contribution is 2.77. The molecule has 10 heteroatoms. The van der Waals surface area contributed by atoms with Crippen LogP contribution in [-0.4, -0.2) is 68.1 Å². The minimum absolute atomic E-state index is 0.0221. The Balaban J connectivity index is 1.07. The van der Waals surface area contributed by atoms with E-state index in [0.29, 0.717) is 48.9 Å². The van der Waals surface area contributed by atoms with Gasteiger partial charge in [-0.25, -0.2) is 4.79 Å². The molecule has 0 bridgehead atoms. The highest BCUT2D eigenvalue weighted by molar-refractivity contribution is 5.94. The molecular weight excluding hydrogens is 707 g/mol. The zero-order valence-corrected chi connectivity index (χ0v) is 34.4. The van der Waals surface area contributed by atoms with Crippen LogP contribution in [0.1, 0.15) is 138 Å². The second-order valence-corrected chi connectivity index (χ2v) is 20.1. The molecule has 56 heavy (non-hydrogen) atoms. The van der Waals surface area contributed by atoms with Gasteiger partial charge in [0.2, 0.25) is 5.91 Å². The molecule has 5 fully saturated rings. The number of aliphatic hydroxyl groups is 3. The summed E-state index contributed by atoms with van der Waals surface area (Å²) >= 11 is 0. The number of fused-ring (bicyclic) bond motifs is 7. The lowest BCUT2D eigenvalue weighted by atomic mass is 9.32. The molecule has 0 radical (unpaired) electrons. The summed E-state index contributed by atoms with van der Waals surface area (Å²) in [6.45, 7) is 14.2. The lowest BCUT2D eigenvalue weighted by Gasteiger charge is -2.73. The van der Waals surface area contributed by atoms with Crippen LogP contribution in [-0.2, 0) is 17.8 Å². The molecule has 0 spiro atoms. The molecule has 0 aliphatic heterocycles. The van der Waals surface area contributed by atoms with E-state index in [-0.39, 0.29) is 76.0 Å². The molecule has 5 aliphatic carbocycles. The fourth-order valence-electron chi connectivity index (χ4n) is 14.1. The van der Waals surface area contributed by atoms with Gasteiger partial charge in [0.05, 0.1) is 41.5 Å². The van der Waals surface area contributed by atoms with Gasteiger partial charge >= 0.3 is 5.97 Å². The second kappa shape index (κ2) is 14.5. The number of hydrogen-bond donors (Lipinski definition) is 6. The van der Waals surface area contributed by atoms with Crippen molar-refractivity contribution in [2.45, 2.75) is 130 Å². The number of aromatic carboxylic acids is 1. The summed E-state index contributed by atoms with van der Waals surface area (Å²) in [7, 11) is 0. The summed E-state index contributed by atoms with van der Waals surface area (Å²) in [6.07, 6.45) is 10.9. The van der Waals surface area contributed by atoms with Crippen molar-refractivity contribution >= 4 is 17.8 Å². The van der Waals surface area contributed by atoms with Gasteiger partial charge in [0.25, 0.3) is 5.91 Å². The van der Waals surface area contributed by atoms with Crippen LogP contribution in [0.25, 0.3) is 0 Å². The molecule has 2 aromatic rings. The fraction of sp³-hybridized carbons (Fsp3) is 0.696. The number of carboxylic acid groups (broad SMARTS) is 1. The smallest absolute Gasteiger partial charge is 0.337 e. The largest absolute Gasteiger partial charge is 0.478 e. The van der Waals surface area contributed by atoms with Crippen LogP contribution >= 0.6 is 0 Å². The van der Waals surface area contributed by atoms with Crippen LogP contribution in [0.2, 0.25) is 0 Å². The number of carboxylic acids is 1. The Bertz CT molecular complexity index is 1830. The Morgan fingerprint density at radius 2 is 1.62 bits per heavy atom. The van der Waals surface area contributed by atoms with Gasteiger partial charge < -0.3 is 31.1 Å². The summed E-state index contributed by atoms with van der Waals surface area (Å²) in [4.78, 5) is 43.0. The molecule has 1 heterocycles. The molecule has 1 aromatic heterocycles. The van der Waals surface area contributed by atoms with E-state index >= 15 is 0 Å². The number of aromatic nitrogens is 1. The molecule has 10 nitrogen and oxygen atoms in total. The van der Waals surface area contributed by atoms with Gasteiger partial charge in [-0.2, -0.15) is 0 Å². The minimum Gasteiger partial charge on any atom is -0.478 e. The predicted octanol–water partition coefficient (Wildman–Crippen LogP) is 6.55. The lowest BCUT2D eigenvalue weighted by Crippen LogP contribution is -2.68. The van der Waals surface area contributed by atoms with Gasteiger partial charge in [0, 0.05) is 18.3 Å². The monoisotopic (exact) mass is 771 g/mol. The average molecular weight is 772 g/mol. The lowest BCUT2D eigenvalue weighted by molar-refractivity contribution is -0.251. The standard InChI is InChI=1S/C46H65N3O7/c1-41(2)34-15-19-44(5)35(42(34,3)18-16-36(41)51)13-12-32-37-33(45(6,56)27-50)14-20-46(37,22-21-43(32,44)4)40(55)47-23-17-28-8-7-9-29(24-28)38(52)49-26-31-11-10-30(25-48-31)39(53)54/h7-11,24-25,32-37,50-51,56H,12-23,26-27H2,1-6H3,(H,47,55)(H,49,52)(H,53,54)/t32?,33-,34?,35?,36+,37?,42+,43-,44-,45+,46+/m1/s1. The number of rotatable bonds is 10. The van der Waals surface area contributed by atoms with E-state index in [9.17, 15) is 29.7 Å². The van der Waals surface area contributed by atoms with Crippen LogP contribution < -0.4 is 10.6 Å². The van der Waals surface area contributed by atoms with E-state index in [2.05, 4.69) is 50.2 Å². The predicted molar refractivity (Wildman–Crippen MR) is 213 cm³/mol. The summed E-state index contributed by atoms with van der Waals surface area (Å²) in [5.74, 6) is -0.246. The van der Waals surface area contributed by atoms with Gasteiger partial charge in [-0.15, -0.1) is 0 Å². The summed E-state index contributed by atoms with van der Waals surface area (Å²) in [6, 6.07) is 10.4. The maximum absolute atomic E-state index is 14.7. The molecule has 2 amide bonds. The van der Waals surface area contributed by atoms with Gasteiger partial charge in [0.1, 0.15) is 0 Å². The van der Waals surface area contributed by atoms with E-state index in [1.807, 2.05) is 18.2 Å². The maximum Gasteiger partial charge on any atom is 0.337 e. The van der Waals surface area contributed by atoms with Gasteiger partial charge in [-0.05, 0) is 159 Å². The third-order valence-corrected chi connectivity index (χ3v) is 17.4. The summed E-state index contributed by atoms with van der Waals surface area (Å²) in [5.41, 5.74) is 0.225. The van der Waals surface area contributed by atoms with Crippen LogP contribution in [0.5, 0.6) is 0 Å². The van der Waals surface area contributed by atoms with E-state index < -0.39 is 17.0 Å². The normalized spacial score (nSPS) is 38.2. The maximum atomic E-state index is 14.7. The number of aliphatic hydroxyl groups excluding tert-OH is 2. The number of carbonyl (C=O) groups is 3. The molecule has 0 saturated heterocycles. The van der Waals surface area contributed by atoms with Crippen LogP contribution in [0.15, 0.2) is 42.6 Å². The second-order valence-electron chi connectivity index (χ2n) is 20.1. The van der Waals surface area contributed by atoms with E-state index in [4.69, 9.17) is 5.11 Å². The molecule has 5 saturated carbocycles. The molecule has 7 rings (SSSR count). The first-order valence-electron chi connectivity index (χ1n) is 21.2. The SMILES string of the molecule is CC1(C)C2CC[C@]3(C)C(CCC4C5[C@H]([C@@](C)(O)CO)CC[C@]5(C(=O)NCCc5cccc(C(=O)NCc6ccc(C(=O)O)cn6)c5)CC[C@]43C)[C@@]2(C)CC[C@@H]1O. The Morgan fingerprint density at radius 3 is 2.32 bits per heavy atom. The molecule has 5 aliphatic rings. The Labute approximate surface area is 332 Å². The van der Waals surface area contributed by atoms with Crippen LogP contribution in [0, 0.1) is 56.7 Å². The first-order chi connectivity index (χ1) is 26.3. The van der Waals surface area contributed by atoms with Crippen LogP contribution in [0.4, 0.5) is 0 Å². The zero-order chi connectivity index (χ0) is 40.5. The number of hydrogen-bond acceptors (Lipinski definition) is 7. The third-order valence-electron chi connectivity index (χ3n) is 17.4. The zero-order valence-electron chi connectivity index (χ0n) is 34.4. The average Bonchev–Trinajstić information content (AvgIpc) is 3.58. The summed E-state index contributed by atoms with van der Waals surface area (Å²) in [5, 5.41) is 48.7. The Morgan fingerprint density at radius 1 is 0.857 bits per heavy atom. The van der Waals surface area contributed by atoms with Crippen molar-refractivity contribution in [1.82, 2.24) is 15.6 Å². The van der Waals surface area contributed by atoms with Crippen molar-refractivity contribution in [2.75, 3.05) is 13.2 Å². The van der Waals surface area contributed by atoms with E-state index in [0.717, 1.165) is 56.9 Å². The first-order valence-corrected chi connectivity index (χ1v) is 21.2. The number of carbonyl (C=O) groups excluding carboxylic acids is 2. The van der Waals surface area contributed by atoms with Gasteiger partial charge in [-0.3, -0.25) is 14.6 Å². The van der Waals surface area contributed by atoms with E-state index in [1.54, 1.807) is 19.1 Å². The summed E-state index contributed by atoms with van der Waals surface area (Å²) < 4.78 is 0. The first kappa shape index (κ1) is 40.8. The fourth-order valence-corrected chi connectivity index (χ4v) is 14.1. The van der Waals surface area contributed by atoms with Crippen molar-refractivity contribution in [2.24, 2.45) is 56.7 Å². The van der Waals surface area contributed by atoms with Gasteiger partial charge in [0.15, 0.2) is 0 Å². The molecule has 306 valence electrons. The van der Waals surface area contributed by atoms with Crippen molar-refractivity contribution in [3.63, 3.8) is 0 Å². The Hall–Kier alpha value is -3.34. The van der Waals surface area contributed by atoms with Crippen molar-refractivity contribution in [1.29, 1.82) is 0 Å². The number of nitrogens with one attached hydrogen (secondary N) is 2. The molecule has 11 atom stereocenters. The quantitative estimate of drug-likeness (QED) is 0.158. The molecule has 6 N–H and O–H groups in total. The number of benzene rings is 1. The van der Waals surface area contributed by atoms with Crippen LogP contribution in [0.3, 0.4) is 0 Å². The Kier molecular flexibility index (Phi) is 10.6. The number of amides is 2. The highest BCUT2D eigenvalue weighted by Gasteiger charge is 2.72. The van der Waals surface area contributed by atoms with Crippen molar-refractivity contribution < 1.29 is 34.8 Å². The minimum atomic E-state index is -1.28. The van der Waals surface area contributed by atoms with Crippen molar-refractivity contribution in [3.05, 3.63) is 65.0 Å². The third kappa shape index (κ3) is 6.41. The molecule has 4 unspecified atom stereocenters. The number of pyridine rings is 1. The van der Waals surface area contributed by atoms with E-state index in [1.165, 1.54) is 12.3 Å². The topological polar surface area (TPSA) is 169 Å². The molecular formula is C46H65N3O7.